The Kier molecular flexibility index (Phi) is 4.88. The Hall–Kier alpha value is -1.64. The fourth-order valence-corrected chi connectivity index (χ4v) is 1.34. The van der Waals surface area contributed by atoms with Crippen molar-refractivity contribution in [1.29, 1.82) is 0 Å². The van der Waals surface area contributed by atoms with Gasteiger partial charge in [-0.3, -0.25) is 0 Å². The summed E-state index contributed by atoms with van der Waals surface area (Å²) < 4.78 is 0. The number of para-hydroxylation sites is 1. The maximum absolute atomic E-state index is 9.55. The van der Waals surface area contributed by atoms with E-state index in [1.165, 1.54) is 0 Å². The van der Waals surface area contributed by atoms with Crippen molar-refractivity contribution in [3.63, 3.8) is 0 Å². The van der Waals surface area contributed by atoms with E-state index in [4.69, 9.17) is 0 Å². The fraction of sp³-hybridized carbons (Fsp3) is 0.0769. The van der Waals surface area contributed by atoms with Gasteiger partial charge in [-0.2, -0.15) is 0 Å². The number of aryl methyl sites for hydroxylation is 1. The molecule has 0 saturated carbocycles. The quantitative estimate of drug-likeness (QED) is 0.677. The third-order valence-corrected chi connectivity index (χ3v) is 2.24. The molecule has 0 saturated heterocycles. The molecule has 17 heavy (non-hydrogen) atoms. The standard InChI is InChI=1S/C13H12N2O.Cu/c1-10-5-4-8-14-13(10)15-9-11-6-2-3-7-12(11)16;/h2-9,16H,1H3;/q;+2. The molecule has 0 aliphatic heterocycles. The molecule has 1 radical (unpaired) electrons. The van der Waals surface area contributed by atoms with Crippen LogP contribution < -0.4 is 0 Å². The van der Waals surface area contributed by atoms with Crippen LogP contribution in [0.2, 0.25) is 0 Å². The van der Waals surface area contributed by atoms with Crippen LogP contribution in [-0.4, -0.2) is 16.3 Å². The van der Waals surface area contributed by atoms with Crippen LogP contribution in [0.15, 0.2) is 47.6 Å². The first-order chi connectivity index (χ1) is 7.77. The summed E-state index contributed by atoms with van der Waals surface area (Å²) in [5.74, 6) is 0.894. The van der Waals surface area contributed by atoms with E-state index in [2.05, 4.69) is 9.98 Å². The first-order valence-corrected chi connectivity index (χ1v) is 5.01. The van der Waals surface area contributed by atoms with Crippen molar-refractivity contribution in [3.05, 3.63) is 53.7 Å². The molecule has 1 heterocycles. The number of hydrogen-bond donors (Lipinski definition) is 1. The van der Waals surface area contributed by atoms with Crippen molar-refractivity contribution in [3.8, 4) is 5.75 Å². The Balaban J connectivity index is 0.00000144. The van der Waals surface area contributed by atoms with E-state index in [1.54, 1.807) is 30.6 Å². The van der Waals surface area contributed by atoms with Crippen LogP contribution in [0.4, 0.5) is 5.82 Å². The van der Waals surface area contributed by atoms with Crippen LogP contribution in [0.5, 0.6) is 5.75 Å². The molecule has 2 rings (SSSR count). The Labute approximate surface area is 111 Å². The van der Waals surface area contributed by atoms with Gasteiger partial charge >= 0.3 is 17.1 Å². The molecule has 0 spiro atoms. The Bertz CT molecular complexity index is 479. The summed E-state index contributed by atoms with van der Waals surface area (Å²) in [6.07, 6.45) is 3.31. The molecule has 3 nitrogen and oxygen atoms in total. The third-order valence-electron chi connectivity index (χ3n) is 2.24. The number of phenols is 1. The number of benzene rings is 1. The number of aromatic nitrogens is 1. The second kappa shape index (κ2) is 6.18. The van der Waals surface area contributed by atoms with Gasteiger partial charge in [-0.1, -0.05) is 18.2 Å². The maximum Gasteiger partial charge on any atom is 2.00 e. The molecule has 89 valence electrons. The largest absolute Gasteiger partial charge is 2.00 e. The molecule has 4 heteroatoms. The van der Waals surface area contributed by atoms with Crippen LogP contribution >= 0.6 is 0 Å². The van der Waals surface area contributed by atoms with Crippen LogP contribution in [-0.2, 0) is 17.1 Å². The Morgan fingerprint density at radius 1 is 1.18 bits per heavy atom. The summed E-state index contributed by atoms with van der Waals surface area (Å²) in [5, 5.41) is 9.55. The Morgan fingerprint density at radius 3 is 2.65 bits per heavy atom. The number of hydrogen-bond acceptors (Lipinski definition) is 3. The van der Waals surface area contributed by atoms with Gasteiger partial charge in [0.25, 0.3) is 0 Å². The first kappa shape index (κ1) is 13.4. The summed E-state index contributed by atoms with van der Waals surface area (Å²) in [6, 6.07) is 10.9. The minimum absolute atomic E-state index is 0. The molecular weight excluding hydrogens is 264 g/mol. The Morgan fingerprint density at radius 2 is 1.94 bits per heavy atom. The molecule has 0 aliphatic rings. The third kappa shape index (κ3) is 3.41. The zero-order valence-electron chi connectivity index (χ0n) is 9.26. The zero-order chi connectivity index (χ0) is 11.4. The van der Waals surface area contributed by atoms with Gasteiger partial charge in [-0.05, 0) is 30.7 Å². The molecule has 0 fully saturated rings. The minimum Gasteiger partial charge on any atom is -0.507 e. The molecule has 0 atom stereocenters. The summed E-state index contributed by atoms with van der Waals surface area (Å²) in [7, 11) is 0. The number of phenolic OH excluding ortho intramolecular Hbond substituents is 1. The number of pyridine rings is 1. The van der Waals surface area contributed by atoms with Crippen LogP contribution in [0, 0.1) is 6.92 Å². The van der Waals surface area contributed by atoms with Crippen molar-refractivity contribution in [1.82, 2.24) is 4.98 Å². The van der Waals surface area contributed by atoms with E-state index in [0.717, 1.165) is 5.56 Å². The van der Waals surface area contributed by atoms with Gasteiger partial charge in [0.05, 0.1) is 0 Å². The van der Waals surface area contributed by atoms with E-state index in [9.17, 15) is 5.11 Å². The number of rotatable bonds is 2. The van der Waals surface area contributed by atoms with E-state index in [0.29, 0.717) is 11.4 Å². The normalized spacial score (nSPS) is 10.2. The number of aromatic hydroxyl groups is 1. The van der Waals surface area contributed by atoms with E-state index in [-0.39, 0.29) is 22.8 Å². The van der Waals surface area contributed by atoms with Crippen molar-refractivity contribution in [2.45, 2.75) is 6.92 Å². The topological polar surface area (TPSA) is 45.5 Å². The summed E-state index contributed by atoms with van der Waals surface area (Å²) in [4.78, 5) is 8.38. The molecule has 1 aromatic heterocycles. The zero-order valence-corrected chi connectivity index (χ0v) is 10.2. The molecule has 0 aliphatic carbocycles. The predicted octanol–water partition coefficient (Wildman–Crippen LogP) is 2.84. The van der Waals surface area contributed by atoms with Gasteiger partial charge in [0.1, 0.15) is 5.75 Å². The van der Waals surface area contributed by atoms with Gasteiger partial charge in [0.15, 0.2) is 5.82 Å². The smallest absolute Gasteiger partial charge is 0.507 e. The molecule has 0 amide bonds. The van der Waals surface area contributed by atoms with Crippen molar-refractivity contribution in [2.75, 3.05) is 0 Å². The van der Waals surface area contributed by atoms with Crippen LogP contribution in [0.25, 0.3) is 0 Å². The molecule has 0 bridgehead atoms. The van der Waals surface area contributed by atoms with Crippen molar-refractivity contribution in [2.24, 2.45) is 4.99 Å². The minimum atomic E-state index is 0. The average Bonchev–Trinajstić information content (AvgIpc) is 2.30. The summed E-state index contributed by atoms with van der Waals surface area (Å²) >= 11 is 0. The van der Waals surface area contributed by atoms with Gasteiger partial charge < -0.3 is 5.11 Å². The monoisotopic (exact) mass is 275 g/mol. The maximum atomic E-state index is 9.55. The van der Waals surface area contributed by atoms with Gasteiger partial charge in [-0.15, -0.1) is 0 Å². The van der Waals surface area contributed by atoms with Gasteiger partial charge in [0.2, 0.25) is 0 Å². The van der Waals surface area contributed by atoms with Crippen LogP contribution in [0.3, 0.4) is 0 Å². The molecule has 0 unspecified atom stereocenters. The SMILES string of the molecule is Cc1cccnc1N=Cc1ccccc1O.[Cu+2]. The van der Waals surface area contributed by atoms with Gasteiger partial charge in [0, 0.05) is 18.0 Å². The molecular formula is C13H12CuN2O+2. The summed E-state index contributed by atoms with van der Waals surface area (Å²) in [5.41, 5.74) is 1.70. The van der Waals surface area contributed by atoms with Crippen molar-refractivity contribution >= 4 is 12.0 Å². The number of nitrogens with zero attached hydrogens (tertiary/aromatic N) is 2. The van der Waals surface area contributed by atoms with Crippen molar-refractivity contribution < 1.29 is 22.2 Å². The van der Waals surface area contributed by atoms with E-state index >= 15 is 0 Å². The van der Waals surface area contributed by atoms with Gasteiger partial charge in [-0.25, -0.2) is 9.98 Å². The first-order valence-electron chi connectivity index (χ1n) is 5.01. The fourth-order valence-electron chi connectivity index (χ4n) is 1.34. The molecule has 2 aromatic rings. The molecule has 1 N–H and O–H groups in total. The molecule has 1 aromatic carbocycles. The average molecular weight is 276 g/mol. The van der Waals surface area contributed by atoms with E-state index in [1.807, 2.05) is 25.1 Å². The number of aliphatic imine (C=N–C) groups is 1. The predicted molar refractivity (Wildman–Crippen MR) is 64.3 cm³/mol. The summed E-state index contributed by atoms with van der Waals surface area (Å²) in [6.45, 7) is 1.95. The van der Waals surface area contributed by atoms with E-state index < -0.39 is 0 Å². The van der Waals surface area contributed by atoms with Crippen LogP contribution in [0.1, 0.15) is 11.1 Å². The second-order valence-electron chi connectivity index (χ2n) is 3.46. The second-order valence-corrected chi connectivity index (χ2v) is 3.46.